The summed E-state index contributed by atoms with van der Waals surface area (Å²) >= 11 is 6.60. The maximum Gasteiger partial charge on any atom is 0.261 e. The maximum absolute atomic E-state index is 13.9. The third-order valence-corrected chi connectivity index (χ3v) is 6.57. The highest BCUT2D eigenvalue weighted by atomic mass is 35.5. The quantitative estimate of drug-likeness (QED) is 0.316. The fourth-order valence-corrected chi connectivity index (χ4v) is 4.76. The number of carbonyl (C=O) groups is 1. The molecule has 4 aromatic rings. The Balaban J connectivity index is 2.01. The summed E-state index contributed by atoms with van der Waals surface area (Å²) in [5, 5.41) is 3.62. The van der Waals surface area contributed by atoms with Crippen LogP contribution in [0.3, 0.4) is 0 Å². The summed E-state index contributed by atoms with van der Waals surface area (Å²) in [5.74, 6) is -0.428. The lowest BCUT2D eigenvalue weighted by Crippen LogP contribution is -2.27. The van der Waals surface area contributed by atoms with Gasteiger partial charge in [-0.25, -0.2) is 0 Å². The van der Waals surface area contributed by atoms with E-state index < -0.39 is 5.91 Å². The summed E-state index contributed by atoms with van der Waals surface area (Å²) in [6.45, 7) is 7.95. The van der Waals surface area contributed by atoms with Crippen molar-refractivity contribution in [1.82, 2.24) is 4.57 Å². The summed E-state index contributed by atoms with van der Waals surface area (Å²) < 4.78 is 1.90. The van der Waals surface area contributed by atoms with Crippen LogP contribution in [-0.2, 0) is 12.8 Å². The minimum atomic E-state index is -0.428. The van der Waals surface area contributed by atoms with Crippen molar-refractivity contribution in [2.45, 2.75) is 40.5 Å². The molecule has 4 nitrogen and oxygen atoms in total. The summed E-state index contributed by atoms with van der Waals surface area (Å²) in [6.07, 6.45) is 1.54. The Hall–Kier alpha value is -3.63. The summed E-state index contributed by atoms with van der Waals surface area (Å²) in [5.41, 5.74) is 6.34. The summed E-state index contributed by atoms with van der Waals surface area (Å²) in [4.78, 5) is 27.3. The highest BCUT2D eigenvalue weighted by molar-refractivity contribution is 6.32. The van der Waals surface area contributed by atoms with Crippen LogP contribution in [0.25, 0.3) is 16.9 Å². The zero-order chi connectivity index (χ0) is 25.1. The number of nitrogens with one attached hydrogen (secondary N) is 1. The molecule has 0 radical (unpaired) electrons. The number of hydrogen-bond acceptors (Lipinski definition) is 2. The fraction of sp³-hybridized carbons (Fsp3) is 0.200. The molecular weight excluding hydrogens is 456 g/mol. The van der Waals surface area contributed by atoms with Gasteiger partial charge in [-0.05, 0) is 61.6 Å². The van der Waals surface area contributed by atoms with Gasteiger partial charge in [0.05, 0.1) is 16.4 Å². The molecule has 0 fully saturated rings. The SMILES string of the molecule is CCc1cccc(CC)c1NC(=O)c1c(-c2cccc(C)c2)n(-c2ccccc2Cl)c(C)cc1=O. The van der Waals surface area contributed by atoms with E-state index in [1.807, 2.05) is 79.1 Å². The molecule has 0 aliphatic rings. The largest absolute Gasteiger partial charge is 0.321 e. The molecule has 3 aromatic carbocycles. The Bertz CT molecular complexity index is 1450. The van der Waals surface area contributed by atoms with E-state index in [2.05, 4.69) is 19.2 Å². The number of benzene rings is 3. The minimum Gasteiger partial charge on any atom is -0.321 e. The lowest BCUT2D eigenvalue weighted by Gasteiger charge is -2.22. The third-order valence-electron chi connectivity index (χ3n) is 6.25. The Labute approximate surface area is 211 Å². The van der Waals surface area contributed by atoms with E-state index in [1.54, 1.807) is 6.07 Å². The molecule has 0 saturated carbocycles. The normalized spacial score (nSPS) is 10.9. The number of halogens is 1. The molecule has 1 aromatic heterocycles. The van der Waals surface area contributed by atoms with Gasteiger partial charge >= 0.3 is 0 Å². The Morgan fingerprint density at radius 1 is 0.886 bits per heavy atom. The number of para-hydroxylation sites is 2. The maximum atomic E-state index is 13.9. The van der Waals surface area contributed by atoms with Gasteiger partial charge in [0.2, 0.25) is 0 Å². The number of carbonyl (C=O) groups excluding carboxylic acids is 1. The smallest absolute Gasteiger partial charge is 0.261 e. The van der Waals surface area contributed by atoms with Crippen LogP contribution in [0.15, 0.2) is 77.6 Å². The van der Waals surface area contributed by atoms with E-state index in [0.717, 1.165) is 40.8 Å². The molecule has 35 heavy (non-hydrogen) atoms. The average Bonchev–Trinajstić information content (AvgIpc) is 2.84. The van der Waals surface area contributed by atoms with Crippen LogP contribution in [0.2, 0.25) is 5.02 Å². The van der Waals surface area contributed by atoms with Gasteiger partial charge in [-0.2, -0.15) is 0 Å². The molecule has 178 valence electrons. The van der Waals surface area contributed by atoms with Gasteiger partial charge in [-0.1, -0.05) is 79.5 Å². The number of rotatable bonds is 6. The number of nitrogens with zero attached hydrogens (tertiary/aromatic N) is 1. The molecular formula is C30H29ClN2O2. The average molecular weight is 485 g/mol. The molecule has 1 heterocycles. The van der Waals surface area contributed by atoms with Gasteiger partial charge in [-0.15, -0.1) is 0 Å². The van der Waals surface area contributed by atoms with Crippen LogP contribution in [0.1, 0.15) is 46.6 Å². The van der Waals surface area contributed by atoms with Crippen LogP contribution >= 0.6 is 11.6 Å². The molecule has 0 bridgehead atoms. The first-order valence-corrected chi connectivity index (χ1v) is 12.2. The minimum absolute atomic E-state index is 0.0917. The van der Waals surface area contributed by atoms with Crippen molar-refractivity contribution in [3.05, 3.63) is 116 Å². The lowest BCUT2D eigenvalue weighted by atomic mass is 9.99. The highest BCUT2D eigenvalue weighted by Gasteiger charge is 2.24. The number of aryl methyl sites for hydroxylation is 4. The first-order valence-electron chi connectivity index (χ1n) is 11.9. The van der Waals surface area contributed by atoms with Crippen molar-refractivity contribution in [3.8, 4) is 16.9 Å². The van der Waals surface area contributed by atoms with E-state index in [9.17, 15) is 9.59 Å². The second-order valence-corrected chi connectivity index (χ2v) is 9.05. The zero-order valence-corrected chi connectivity index (χ0v) is 21.2. The van der Waals surface area contributed by atoms with Crippen LogP contribution in [0, 0.1) is 13.8 Å². The Morgan fingerprint density at radius 3 is 2.17 bits per heavy atom. The van der Waals surface area contributed by atoms with Crippen molar-refractivity contribution < 1.29 is 4.79 Å². The molecule has 5 heteroatoms. The Kier molecular flexibility index (Phi) is 7.23. The highest BCUT2D eigenvalue weighted by Crippen LogP contribution is 2.32. The van der Waals surface area contributed by atoms with Crippen molar-refractivity contribution >= 4 is 23.2 Å². The summed E-state index contributed by atoms with van der Waals surface area (Å²) in [7, 11) is 0. The first kappa shape index (κ1) is 24.5. The monoisotopic (exact) mass is 484 g/mol. The molecule has 0 aliphatic carbocycles. The topological polar surface area (TPSA) is 51.1 Å². The first-order chi connectivity index (χ1) is 16.8. The standard InChI is InChI=1S/C30H29ClN2O2/c1-5-21-12-10-13-22(6-2)28(21)32-30(35)27-26(34)18-20(4)33(25-16-8-7-15-24(25)31)29(27)23-14-9-11-19(3)17-23/h7-18H,5-6H2,1-4H3,(H,32,35). The van der Waals surface area contributed by atoms with Gasteiger partial charge in [0.15, 0.2) is 5.43 Å². The van der Waals surface area contributed by atoms with Crippen LogP contribution < -0.4 is 10.7 Å². The fourth-order valence-electron chi connectivity index (χ4n) is 4.54. The lowest BCUT2D eigenvalue weighted by molar-refractivity contribution is 0.102. The van der Waals surface area contributed by atoms with Gasteiger partial charge in [0, 0.05) is 17.4 Å². The molecule has 1 amide bonds. The van der Waals surface area contributed by atoms with Gasteiger partial charge in [-0.3, -0.25) is 9.59 Å². The number of anilines is 1. The zero-order valence-electron chi connectivity index (χ0n) is 20.5. The molecule has 0 saturated heterocycles. The second-order valence-electron chi connectivity index (χ2n) is 8.64. The van der Waals surface area contributed by atoms with Gasteiger partial charge in [0.25, 0.3) is 5.91 Å². The number of pyridine rings is 1. The third kappa shape index (κ3) is 4.80. The molecule has 0 unspecified atom stereocenters. The van der Waals surface area contributed by atoms with Crippen molar-refractivity contribution in [2.75, 3.05) is 5.32 Å². The molecule has 0 aliphatic heterocycles. The van der Waals surface area contributed by atoms with Crippen LogP contribution in [-0.4, -0.2) is 10.5 Å². The van der Waals surface area contributed by atoms with Gasteiger partial charge < -0.3 is 9.88 Å². The van der Waals surface area contributed by atoms with E-state index in [4.69, 9.17) is 11.6 Å². The summed E-state index contributed by atoms with van der Waals surface area (Å²) in [6, 6.07) is 22.8. The van der Waals surface area contributed by atoms with Crippen molar-refractivity contribution in [3.63, 3.8) is 0 Å². The number of amides is 1. The Morgan fingerprint density at radius 2 is 1.54 bits per heavy atom. The number of aromatic nitrogens is 1. The van der Waals surface area contributed by atoms with Crippen LogP contribution in [0.4, 0.5) is 5.69 Å². The molecule has 0 spiro atoms. The van der Waals surface area contributed by atoms with Crippen LogP contribution in [0.5, 0.6) is 0 Å². The van der Waals surface area contributed by atoms with Crippen molar-refractivity contribution in [1.29, 1.82) is 0 Å². The van der Waals surface area contributed by atoms with E-state index in [1.165, 1.54) is 6.07 Å². The predicted octanol–water partition coefficient (Wildman–Crippen LogP) is 7.15. The second kappa shape index (κ2) is 10.3. The van der Waals surface area contributed by atoms with Gasteiger partial charge in [0.1, 0.15) is 5.56 Å². The molecule has 4 rings (SSSR count). The number of hydrogen-bond donors (Lipinski definition) is 1. The molecule has 1 N–H and O–H groups in total. The molecule has 0 atom stereocenters. The van der Waals surface area contributed by atoms with Crippen molar-refractivity contribution in [2.24, 2.45) is 0 Å². The van der Waals surface area contributed by atoms with E-state index in [0.29, 0.717) is 22.1 Å². The van der Waals surface area contributed by atoms with E-state index in [-0.39, 0.29) is 11.0 Å². The van der Waals surface area contributed by atoms with E-state index >= 15 is 0 Å². The predicted molar refractivity (Wildman–Crippen MR) is 145 cm³/mol.